The molecular formula is C25H34BrN3O6. The highest BCUT2D eigenvalue weighted by Gasteiger charge is 2.76. The maximum atomic E-state index is 13.7. The van der Waals surface area contributed by atoms with Crippen molar-refractivity contribution in [3.05, 3.63) is 24.3 Å². The van der Waals surface area contributed by atoms with Crippen LogP contribution in [0.5, 0.6) is 0 Å². The topological polar surface area (TPSA) is 108 Å². The van der Waals surface area contributed by atoms with Crippen LogP contribution in [0.1, 0.15) is 33.6 Å². The number of halogens is 1. The van der Waals surface area contributed by atoms with Gasteiger partial charge >= 0.3 is 5.97 Å². The molecule has 35 heavy (non-hydrogen) atoms. The average molecular weight is 552 g/mol. The standard InChI is InChI=1S/C25H34BrN3O6/c1-4-28(5-2)16-10-8-15(9-11-16)27-22(31)21-25-14-17(26)20(35-25)18(24(33)34-6-3)19(25)23(32)29(21)12-7-13-30/h8-11,17-21,30H,4-7,12-14H2,1-3H3,(H,27,31)/t17?,18-,19+,20-,21-,25+/m0/s1. The van der Waals surface area contributed by atoms with Gasteiger partial charge < -0.3 is 29.7 Å². The van der Waals surface area contributed by atoms with Crippen molar-refractivity contribution < 1.29 is 29.0 Å². The zero-order valence-electron chi connectivity index (χ0n) is 20.4. The third-order valence-corrected chi connectivity index (χ3v) is 8.26. The summed E-state index contributed by atoms with van der Waals surface area (Å²) in [4.78, 5) is 43.7. The predicted molar refractivity (Wildman–Crippen MR) is 134 cm³/mol. The van der Waals surface area contributed by atoms with Crippen molar-refractivity contribution >= 4 is 45.1 Å². The van der Waals surface area contributed by atoms with Crippen LogP contribution in [0.2, 0.25) is 0 Å². The number of rotatable bonds is 10. The molecule has 2 amide bonds. The Morgan fingerprint density at radius 1 is 1.26 bits per heavy atom. The summed E-state index contributed by atoms with van der Waals surface area (Å²) >= 11 is 3.62. The SMILES string of the molecule is CCOC(=O)[C@@H]1[C@H]2O[C@@]3(CC2Br)[C@H](C(=O)Nc2ccc(N(CC)CC)cc2)N(CCCO)C(=O)[C@@H]13. The largest absolute Gasteiger partial charge is 0.466 e. The number of fused-ring (bicyclic) bond motifs is 1. The van der Waals surface area contributed by atoms with Crippen molar-refractivity contribution in [3.63, 3.8) is 0 Å². The van der Waals surface area contributed by atoms with Gasteiger partial charge in [0, 0.05) is 42.4 Å². The van der Waals surface area contributed by atoms with Gasteiger partial charge in [0.2, 0.25) is 11.8 Å². The van der Waals surface area contributed by atoms with Crippen LogP contribution in [0.3, 0.4) is 0 Å². The number of alkyl halides is 1. The Morgan fingerprint density at radius 3 is 2.54 bits per heavy atom. The molecule has 3 heterocycles. The fourth-order valence-corrected chi connectivity index (χ4v) is 6.92. The van der Waals surface area contributed by atoms with Crippen LogP contribution in [0.15, 0.2) is 24.3 Å². The van der Waals surface area contributed by atoms with E-state index < -0.39 is 35.6 Å². The van der Waals surface area contributed by atoms with Crippen LogP contribution in [0, 0.1) is 11.8 Å². The summed E-state index contributed by atoms with van der Waals surface area (Å²) in [6, 6.07) is 6.68. The van der Waals surface area contributed by atoms with Crippen LogP contribution in [0.25, 0.3) is 0 Å². The monoisotopic (exact) mass is 551 g/mol. The molecular weight excluding hydrogens is 518 g/mol. The van der Waals surface area contributed by atoms with Crippen molar-refractivity contribution in [3.8, 4) is 0 Å². The second kappa shape index (κ2) is 10.4. The Hall–Kier alpha value is -2.17. The molecule has 0 aromatic heterocycles. The first-order valence-electron chi connectivity index (χ1n) is 12.4. The van der Waals surface area contributed by atoms with Crippen LogP contribution in [-0.4, -0.2) is 83.2 Å². The molecule has 9 nitrogen and oxygen atoms in total. The van der Waals surface area contributed by atoms with E-state index in [4.69, 9.17) is 9.47 Å². The predicted octanol–water partition coefficient (Wildman–Crippen LogP) is 2.16. The van der Waals surface area contributed by atoms with Gasteiger partial charge in [-0.25, -0.2) is 0 Å². The lowest BCUT2D eigenvalue weighted by Crippen LogP contribution is -2.54. The number of nitrogens with zero attached hydrogens (tertiary/aromatic N) is 2. The highest BCUT2D eigenvalue weighted by Crippen LogP contribution is 2.60. The van der Waals surface area contributed by atoms with E-state index in [-0.39, 0.29) is 36.4 Å². The highest BCUT2D eigenvalue weighted by molar-refractivity contribution is 9.09. The van der Waals surface area contributed by atoms with Crippen molar-refractivity contribution in [1.29, 1.82) is 0 Å². The number of hydrogen-bond donors (Lipinski definition) is 2. The van der Waals surface area contributed by atoms with Crippen molar-refractivity contribution in [2.75, 3.05) is 43.1 Å². The number of ether oxygens (including phenoxy) is 2. The molecule has 1 aromatic rings. The minimum absolute atomic E-state index is 0.117. The van der Waals surface area contributed by atoms with Gasteiger partial charge in [0.25, 0.3) is 0 Å². The molecule has 2 N–H and O–H groups in total. The van der Waals surface area contributed by atoms with E-state index in [1.807, 2.05) is 24.3 Å². The number of nitrogens with one attached hydrogen (secondary N) is 1. The van der Waals surface area contributed by atoms with Crippen LogP contribution >= 0.6 is 15.9 Å². The normalized spacial score (nSPS) is 30.9. The first kappa shape index (κ1) is 25.9. The number of amides is 2. The third kappa shape index (κ3) is 4.34. The Morgan fingerprint density at radius 2 is 1.94 bits per heavy atom. The highest BCUT2D eigenvalue weighted by atomic mass is 79.9. The number of esters is 1. The maximum Gasteiger partial charge on any atom is 0.312 e. The first-order chi connectivity index (χ1) is 16.8. The van der Waals surface area contributed by atoms with E-state index in [9.17, 15) is 19.5 Å². The van der Waals surface area contributed by atoms with Crippen LogP contribution < -0.4 is 10.2 Å². The van der Waals surface area contributed by atoms with E-state index in [0.717, 1.165) is 18.8 Å². The van der Waals surface area contributed by atoms with Crippen LogP contribution in [0.4, 0.5) is 11.4 Å². The number of aliphatic hydroxyl groups is 1. The van der Waals surface area contributed by atoms with Crippen molar-refractivity contribution in [1.82, 2.24) is 4.90 Å². The number of benzene rings is 1. The molecule has 6 atom stereocenters. The average Bonchev–Trinajstić information content (AvgIpc) is 3.43. The number of carbonyl (C=O) groups is 3. The Labute approximate surface area is 214 Å². The minimum Gasteiger partial charge on any atom is -0.466 e. The first-order valence-corrected chi connectivity index (χ1v) is 13.3. The number of carbonyl (C=O) groups excluding carboxylic acids is 3. The molecule has 1 unspecified atom stereocenters. The lowest BCUT2D eigenvalue weighted by atomic mass is 9.70. The minimum atomic E-state index is -1.13. The van der Waals surface area contributed by atoms with Crippen LogP contribution in [-0.2, 0) is 23.9 Å². The zero-order valence-corrected chi connectivity index (χ0v) is 22.0. The van der Waals surface area contributed by atoms with Crippen molar-refractivity contribution in [2.24, 2.45) is 11.8 Å². The molecule has 4 rings (SSSR count). The molecule has 192 valence electrons. The van der Waals surface area contributed by atoms with Gasteiger partial charge in [0.1, 0.15) is 11.6 Å². The fraction of sp³-hybridized carbons (Fsp3) is 0.640. The summed E-state index contributed by atoms with van der Waals surface area (Å²) in [6.07, 6.45) is 0.215. The van der Waals surface area contributed by atoms with Gasteiger partial charge in [-0.2, -0.15) is 0 Å². The number of likely N-dealkylation sites (tertiary alicyclic amines) is 1. The van der Waals surface area contributed by atoms with E-state index in [2.05, 4.69) is 40.0 Å². The molecule has 3 aliphatic heterocycles. The smallest absolute Gasteiger partial charge is 0.312 e. The number of anilines is 2. The maximum absolute atomic E-state index is 13.7. The molecule has 1 aromatic carbocycles. The fourth-order valence-electron chi connectivity index (χ4n) is 5.97. The molecule has 10 heteroatoms. The molecule has 2 bridgehead atoms. The summed E-state index contributed by atoms with van der Waals surface area (Å²) in [5.41, 5.74) is 0.545. The summed E-state index contributed by atoms with van der Waals surface area (Å²) in [7, 11) is 0. The molecule has 1 spiro atoms. The molecule has 3 saturated heterocycles. The van der Waals surface area contributed by atoms with Gasteiger partial charge in [-0.15, -0.1) is 0 Å². The van der Waals surface area contributed by atoms with E-state index in [1.165, 1.54) is 4.90 Å². The second-order valence-corrected chi connectivity index (χ2v) is 10.4. The molecule has 0 aliphatic carbocycles. The van der Waals surface area contributed by atoms with Gasteiger partial charge in [-0.1, -0.05) is 15.9 Å². The third-order valence-electron chi connectivity index (χ3n) is 7.42. The molecule has 3 aliphatic rings. The molecule has 0 radical (unpaired) electrons. The molecule has 0 saturated carbocycles. The quantitative estimate of drug-likeness (QED) is 0.339. The van der Waals surface area contributed by atoms with Gasteiger partial charge in [-0.05, 0) is 57.9 Å². The van der Waals surface area contributed by atoms with Crippen molar-refractivity contribution in [2.45, 2.75) is 56.2 Å². The van der Waals surface area contributed by atoms with Gasteiger partial charge in [-0.3, -0.25) is 14.4 Å². The lowest BCUT2D eigenvalue weighted by Gasteiger charge is -2.34. The zero-order chi connectivity index (χ0) is 25.3. The van der Waals surface area contributed by atoms with Gasteiger partial charge in [0.15, 0.2) is 0 Å². The Bertz CT molecular complexity index is 955. The summed E-state index contributed by atoms with van der Waals surface area (Å²) in [5, 5.41) is 12.4. The number of aliphatic hydroxyl groups excluding tert-OH is 1. The second-order valence-electron chi connectivity index (χ2n) is 9.23. The van der Waals surface area contributed by atoms with E-state index in [0.29, 0.717) is 18.5 Å². The summed E-state index contributed by atoms with van der Waals surface area (Å²) < 4.78 is 11.6. The Balaban J connectivity index is 1.63. The lowest BCUT2D eigenvalue weighted by molar-refractivity contribution is -0.154. The Kier molecular flexibility index (Phi) is 7.73. The van der Waals surface area contributed by atoms with E-state index in [1.54, 1.807) is 6.92 Å². The summed E-state index contributed by atoms with van der Waals surface area (Å²) in [5.74, 6) is -2.70. The summed E-state index contributed by atoms with van der Waals surface area (Å²) in [6.45, 7) is 7.93. The number of hydrogen-bond acceptors (Lipinski definition) is 7. The van der Waals surface area contributed by atoms with E-state index >= 15 is 0 Å². The molecule has 3 fully saturated rings. The van der Waals surface area contributed by atoms with Gasteiger partial charge in [0.05, 0.1) is 24.5 Å².